The summed E-state index contributed by atoms with van der Waals surface area (Å²) >= 11 is 6.24. The van der Waals surface area contributed by atoms with Gasteiger partial charge in [-0.15, -0.1) is 0 Å². The van der Waals surface area contributed by atoms with Gasteiger partial charge in [-0.1, -0.05) is 36.7 Å². The second kappa shape index (κ2) is 7.01. The van der Waals surface area contributed by atoms with Crippen LogP contribution < -0.4 is 4.90 Å². The van der Waals surface area contributed by atoms with Gasteiger partial charge in [0.1, 0.15) is 5.16 Å². The van der Waals surface area contributed by atoms with E-state index in [2.05, 4.69) is 0 Å². The number of hydrogen-bond donors (Lipinski definition) is 2. The molecular formula is C19H14ClF4NO3. The van der Waals surface area contributed by atoms with Crippen molar-refractivity contribution in [3.63, 3.8) is 0 Å². The van der Waals surface area contributed by atoms with Crippen LogP contribution in [-0.4, -0.2) is 16.2 Å². The van der Waals surface area contributed by atoms with Crippen LogP contribution in [0, 0.1) is 5.82 Å². The van der Waals surface area contributed by atoms with Crippen LogP contribution in [0.5, 0.6) is 5.75 Å². The van der Waals surface area contributed by atoms with Gasteiger partial charge in [0.2, 0.25) is 0 Å². The van der Waals surface area contributed by atoms with E-state index in [1.165, 1.54) is 25.1 Å². The summed E-state index contributed by atoms with van der Waals surface area (Å²) in [5.74, 6) is -3.68. The fourth-order valence-electron chi connectivity index (χ4n) is 3.19. The summed E-state index contributed by atoms with van der Waals surface area (Å²) in [7, 11) is 0. The van der Waals surface area contributed by atoms with Gasteiger partial charge < -0.3 is 15.1 Å². The quantitative estimate of drug-likeness (QED) is 0.533. The lowest BCUT2D eigenvalue weighted by molar-refractivity contribution is -0.137. The molecular weight excluding hydrogens is 402 g/mol. The predicted octanol–water partition coefficient (Wildman–Crippen LogP) is 5.21. The minimum Gasteiger partial charge on any atom is -0.505 e. The molecule has 0 bridgehead atoms. The highest BCUT2D eigenvalue weighted by molar-refractivity contribution is 6.33. The second-order valence-electron chi connectivity index (χ2n) is 6.34. The van der Waals surface area contributed by atoms with Crippen molar-refractivity contribution >= 4 is 23.3 Å². The molecule has 2 aromatic rings. The summed E-state index contributed by atoms with van der Waals surface area (Å²) in [6.07, 6.45) is -4.62. The number of carboxylic acid groups (broad SMARTS) is 1. The van der Waals surface area contributed by atoms with Crippen molar-refractivity contribution in [3.8, 4) is 5.75 Å². The number of fused-ring (bicyclic) bond motifs is 1. The standard InChI is InChI=1S/C19H14ClF4NO3/c1-9-12-6-5-11(19(22,23)24)7-14(12)25(17(20)15(9)18(27)28)8-10-3-2-4-13(21)16(10)26/h2-7,9,26H,8H2,1H3,(H,27,28). The minimum atomic E-state index is -4.62. The topological polar surface area (TPSA) is 60.8 Å². The highest BCUT2D eigenvalue weighted by Crippen LogP contribution is 2.45. The summed E-state index contributed by atoms with van der Waals surface area (Å²) in [6, 6.07) is 6.64. The first-order valence-electron chi connectivity index (χ1n) is 8.10. The molecule has 2 aromatic carbocycles. The van der Waals surface area contributed by atoms with Gasteiger partial charge in [0.25, 0.3) is 0 Å². The van der Waals surface area contributed by atoms with Crippen LogP contribution in [0.4, 0.5) is 23.2 Å². The van der Waals surface area contributed by atoms with Crippen molar-refractivity contribution < 1.29 is 32.6 Å². The Labute approximate surface area is 162 Å². The van der Waals surface area contributed by atoms with Crippen LogP contribution in [0.15, 0.2) is 47.1 Å². The first-order chi connectivity index (χ1) is 13.0. The van der Waals surface area contributed by atoms with Crippen molar-refractivity contribution in [1.82, 2.24) is 0 Å². The van der Waals surface area contributed by atoms with E-state index in [-0.39, 0.29) is 28.5 Å². The SMILES string of the molecule is CC1C(C(=O)O)=C(Cl)N(Cc2cccc(F)c2O)c2cc(C(F)(F)F)ccc21. The van der Waals surface area contributed by atoms with Crippen molar-refractivity contribution in [3.05, 3.63) is 69.6 Å². The zero-order valence-corrected chi connectivity index (χ0v) is 15.1. The van der Waals surface area contributed by atoms with Gasteiger partial charge in [0.15, 0.2) is 11.6 Å². The van der Waals surface area contributed by atoms with Crippen molar-refractivity contribution in [2.45, 2.75) is 25.6 Å². The molecule has 1 aliphatic rings. The number of phenolic OH excluding ortho intramolecular Hbond substituents is 1. The number of carboxylic acids is 1. The van der Waals surface area contributed by atoms with Gasteiger partial charge in [-0.2, -0.15) is 13.2 Å². The maximum atomic E-state index is 13.7. The number of carbonyl (C=O) groups is 1. The Morgan fingerprint density at radius 3 is 2.54 bits per heavy atom. The molecule has 28 heavy (non-hydrogen) atoms. The maximum Gasteiger partial charge on any atom is 0.416 e. The Hall–Kier alpha value is -2.74. The number of halogens is 5. The Kier molecular flexibility index (Phi) is 5.01. The Bertz CT molecular complexity index is 988. The zero-order valence-electron chi connectivity index (χ0n) is 14.4. The highest BCUT2D eigenvalue weighted by Gasteiger charge is 2.37. The van der Waals surface area contributed by atoms with Crippen LogP contribution in [0.25, 0.3) is 0 Å². The van der Waals surface area contributed by atoms with E-state index < -0.39 is 35.2 Å². The number of benzene rings is 2. The van der Waals surface area contributed by atoms with Crippen LogP contribution >= 0.6 is 11.6 Å². The molecule has 0 aliphatic carbocycles. The number of alkyl halides is 3. The molecule has 2 N–H and O–H groups in total. The molecule has 1 atom stereocenters. The summed E-state index contributed by atoms with van der Waals surface area (Å²) in [6.45, 7) is 1.20. The largest absolute Gasteiger partial charge is 0.505 e. The number of hydrogen-bond acceptors (Lipinski definition) is 3. The molecule has 3 rings (SSSR count). The molecule has 1 heterocycles. The maximum absolute atomic E-state index is 13.7. The average Bonchev–Trinajstić information content (AvgIpc) is 2.60. The van der Waals surface area contributed by atoms with Gasteiger partial charge in [0.05, 0.1) is 17.7 Å². The minimum absolute atomic E-state index is 0.0424. The summed E-state index contributed by atoms with van der Waals surface area (Å²) in [5.41, 5.74) is -0.729. The van der Waals surface area contributed by atoms with Crippen LogP contribution in [0.1, 0.15) is 29.5 Å². The van der Waals surface area contributed by atoms with Crippen molar-refractivity contribution in [1.29, 1.82) is 0 Å². The molecule has 0 saturated heterocycles. The van der Waals surface area contributed by atoms with E-state index >= 15 is 0 Å². The van der Waals surface area contributed by atoms with Crippen LogP contribution in [-0.2, 0) is 17.5 Å². The predicted molar refractivity (Wildman–Crippen MR) is 94.6 cm³/mol. The normalized spacial score (nSPS) is 16.9. The second-order valence-corrected chi connectivity index (χ2v) is 6.69. The highest BCUT2D eigenvalue weighted by atomic mass is 35.5. The molecule has 1 unspecified atom stereocenters. The fraction of sp³-hybridized carbons (Fsp3) is 0.211. The fourth-order valence-corrected chi connectivity index (χ4v) is 3.59. The van der Waals surface area contributed by atoms with E-state index in [4.69, 9.17) is 11.6 Å². The lowest BCUT2D eigenvalue weighted by Crippen LogP contribution is -2.30. The van der Waals surface area contributed by atoms with Gasteiger partial charge in [-0.3, -0.25) is 0 Å². The molecule has 148 valence electrons. The Morgan fingerprint density at radius 1 is 1.25 bits per heavy atom. The Morgan fingerprint density at radius 2 is 1.93 bits per heavy atom. The summed E-state index contributed by atoms with van der Waals surface area (Å²) in [5, 5.41) is 19.1. The molecule has 0 spiro atoms. The number of aromatic hydroxyl groups is 1. The average molecular weight is 416 g/mol. The number of nitrogens with zero attached hydrogens (tertiary/aromatic N) is 1. The molecule has 4 nitrogen and oxygen atoms in total. The molecule has 9 heteroatoms. The molecule has 0 amide bonds. The number of para-hydroxylation sites is 1. The smallest absolute Gasteiger partial charge is 0.416 e. The van der Waals surface area contributed by atoms with Crippen LogP contribution in [0.3, 0.4) is 0 Å². The van der Waals surface area contributed by atoms with E-state index in [0.717, 1.165) is 23.1 Å². The van der Waals surface area contributed by atoms with Gasteiger partial charge in [0, 0.05) is 17.2 Å². The lowest BCUT2D eigenvalue weighted by Gasteiger charge is -2.35. The van der Waals surface area contributed by atoms with Crippen LogP contribution in [0.2, 0.25) is 0 Å². The number of phenols is 1. The monoisotopic (exact) mass is 415 g/mol. The third-order valence-corrected chi connectivity index (χ3v) is 5.04. The molecule has 1 aliphatic heterocycles. The van der Waals surface area contributed by atoms with E-state index in [0.29, 0.717) is 5.56 Å². The van der Waals surface area contributed by atoms with Crippen molar-refractivity contribution in [2.75, 3.05) is 4.90 Å². The van der Waals surface area contributed by atoms with Crippen molar-refractivity contribution in [2.24, 2.45) is 0 Å². The molecule has 0 saturated carbocycles. The number of anilines is 1. The third kappa shape index (κ3) is 3.40. The van der Waals surface area contributed by atoms with Gasteiger partial charge in [-0.05, 0) is 23.8 Å². The molecule has 0 fully saturated rings. The number of rotatable bonds is 3. The van der Waals surface area contributed by atoms with E-state index in [1.54, 1.807) is 0 Å². The van der Waals surface area contributed by atoms with E-state index in [1.807, 2.05) is 0 Å². The van der Waals surface area contributed by atoms with E-state index in [9.17, 15) is 32.6 Å². The lowest BCUT2D eigenvalue weighted by atomic mass is 9.87. The Balaban J connectivity index is 2.20. The number of aliphatic carboxylic acids is 1. The van der Waals surface area contributed by atoms with Gasteiger partial charge in [-0.25, -0.2) is 9.18 Å². The zero-order chi connectivity index (χ0) is 20.8. The summed E-state index contributed by atoms with van der Waals surface area (Å²) < 4.78 is 53.2. The first kappa shape index (κ1) is 20.0. The molecule has 0 radical (unpaired) electrons. The first-order valence-corrected chi connectivity index (χ1v) is 8.48. The molecule has 0 aromatic heterocycles. The van der Waals surface area contributed by atoms with Gasteiger partial charge >= 0.3 is 12.1 Å². The summed E-state index contributed by atoms with van der Waals surface area (Å²) in [4.78, 5) is 12.8. The third-order valence-electron chi connectivity index (χ3n) is 4.64.